The molecule has 31 heavy (non-hydrogen) atoms. The van der Waals surface area contributed by atoms with E-state index in [4.69, 9.17) is 11.6 Å². The third-order valence-corrected chi connectivity index (χ3v) is 5.20. The number of hydrogen-bond donors (Lipinski definition) is 1. The number of carbonyl (C=O) groups is 2. The Morgan fingerprint density at radius 1 is 1.16 bits per heavy atom. The highest BCUT2D eigenvalue weighted by Gasteiger charge is 2.35. The van der Waals surface area contributed by atoms with Gasteiger partial charge < -0.3 is 15.0 Å². The van der Waals surface area contributed by atoms with Crippen molar-refractivity contribution in [3.8, 4) is 16.9 Å². The fourth-order valence-electron chi connectivity index (χ4n) is 3.49. The zero-order valence-corrected chi connectivity index (χ0v) is 17.1. The first kappa shape index (κ1) is 22.9. The van der Waals surface area contributed by atoms with Crippen LogP contribution in [0.4, 0.5) is 23.2 Å². The Morgan fingerprint density at radius 2 is 1.87 bits per heavy atom. The second-order valence-corrected chi connectivity index (χ2v) is 7.48. The molecule has 2 amide bonds. The van der Waals surface area contributed by atoms with Crippen molar-refractivity contribution in [1.82, 2.24) is 4.90 Å². The number of piperidine rings is 1. The largest absolute Gasteiger partial charge is 0.573 e. The Balaban J connectivity index is 1.82. The number of hydrogen-bond acceptors (Lipinski definition) is 3. The predicted octanol–water partition coefficient (Wildman–Crippen LogP) is 5.19. The zero-order chi connectivity index (χ0) is 22.8. The molecule has 0 aliphatic carbocycles. The molecule has 0 bridgehead atoms. The van der Waals surface area contributed by atoms with Gasteiger partial charge in [0.05, 0.1) is 5.02 Å². The van der Waals surface area contributed by atoms with Gasteiger partial charge in [-0.2, -0.15) is 0 Å². The van der Waals surface area contributed by atoms with Crippen LogP contribution in [0.3, 0.4) is 0 Å². The number of likely N-dealkylation sites (tertiary alicyclic amines) is 1. The van der Waals surface area contributed by atoms with Crippen LogP contribution >= 0.6 is 11.6 Å². The number of carbonyl (C=O) groups excluding carboxylic acids is 2. The Bertz CT molecular complexity index is 983. The molecule has 1 saturated heterocycles. The highest BCUT2D eigenvalue weighted by atomic mass is 35.5. The van der Waals surface area contributed by atoms with Crippen LogP contribution < -0.4 is 10.1 Å². The van der Waals surface area contributed by atoms with E-state index in [1.807, 2.05) is 0 Å². The van der Waals surface area contributed by atoms with Gasteiger partial charge in [0.2, 0.25) is 11.8 Å². The second-order valence-electron chi connectivity index (χ2n) is 7.08. The van der Waals surface area contributed by atoms with Gasteiger partial charge in [-0.25, -0.2) is 4.39 Å². The third kappa shape index (κ3) is 5.66. The van der Waals surface area contributed by atoms with Gasteiger partial charge in [0.25, 0.3) is 0 Å². The van der Waals surface area contributed by atoms with E-state index in [2.05, 4.69) is 10.1 Å². The summed E-state index contributed by atoms with van der Waals surface area (Å²) in [6.07, 6.45) is -6.00. The molecule has 0 aromatic heterocycles. The lowest BCUT2D eigenvalue weighted by Crippen LogP contribution is -2.51. The Morgan fingerprint density at radius 3 is 2.52 bits per heavy atom. The van der Waals surface area contributed by atoms with E-state index >= 15 is 0 Å². The molecule has 1 N–H and O–H groups in total. The number of anilines is 1. The van der Waals surface area contributed by atoms with E-state index in [1.165, 1.54) is 54.3 Å². The van der Waals surface area contributed by atoms with Gasteiger partial charge in [-0.15, -0.1) is 13.2 Å². The van der Waals surface area contributed by atoms with Crippen molar-refractivity contribution in [2.75, 3.05) is 11.9 Å². The first-order valence-corrected chi connectivity index (χ1v) is 9.80. The molecular weight excluding hydrogens is 440 g/mol. The summed E-state index contributed by atoms with van der Waals surface area (Å²) in [7, 11) is 0. The van der Waals surface area contributed by atoms with Gasteiger partial charge in [0.15, 0.2) is 0 Å². The summed E-state index contributed by atoms with van der Waals surface area (Å²) in [6.45, 7) is 1.45. The quantitative estimate of drug-likeness (QED) is 0.641. The van der Waals surface area contributed by atoms with E-state index in [0.717, 1.165) is 0 Å². The van der Waals surface area contributed by atoms with Crippen LogP contribution in [0.2, 0.25) is 5.02 Å². The molecule has 1 unspecified atom stereocenters. The summed E-state index contributed by atoms with van der Waals surface area (Å²) in [6, 6.07) is 8.84. The average molecular weight is 459 g/mol. The number of nitrogens with zero attached hydrogens (tertiary/aromatic N) is 1. The van der Waals surface area contributed by atoms with Crippen LogP contribution in [0.5, 0.6) is 5.75 Å². The van der Waals surface area contributed by atoms with Crippen LogP contribution in [0, 0.1) is 0 Å². The monoisotopic (exact) mass is 458 g/mol. The van der Waals surface area contributed by atoms with Crippen molar-refractivity contribution in [2.24, 2.45) is 0 Å². The molecule has 0 radical (unpaired) electrons. The number of ether oxygens (including phenoxy) is 1. The molecule has 3 rings (SSSR count). The lowest BCUT2D eigenvalue weighted by molar-refractivity contribution is -0.274. The maximum atomic E-state index is 13.8. The maximum absolute atomic E-state index is 13.8. The lowest BCUT2D eigenvalue weighted by Gasteiger charge is -2.35. The minimum Gasteiger partial charge on any atom is -0.405 e. The van der Waals surface area contributed by atoms with Gasteiger partial charge >= 0.3 is 6.36 Å². The smallest absolute Gasteiger partial charge is 0.405 e. The highest BCUT2D eigenvalue weighted by molar-refractivity contribution is 6.33. The minimum absolute atomic E-state index is 0.0754. The maximum Gasteiger partial charge on any atom is 0.573 e. The summed E-state index contributed by atoms with van der Waals surface area (Å²) in [5, 5.41) is 2.67. The molecule has 1 aliphatic heterocycles. The van der Waals surface area contributed by atoms with E-state index in [-0.39, 0.29) is 47.1 Å². The number of benzene rings is 2. The summed E-state index contributed by atoms with van der Waals surface area (Å²) in [4.78, 5) is 25.7. The van der Waals surface area contributed by atoms with Crippen molar-refractivity contribution in [3.63, 3.8) is 0 Å². The summed E-state index contributed by atoms with van der Waals surface area (Å²) in [5.74, 6) is -1.31. The molecule has 2 atom stereocenters. The molecule has 166 valence electrons. The molecule has 5 nitrogen and oxygen atoms in total. The number of alkyl halides is 4. The van der Waals surface area contributed by atoms with Crippen molar-refractivity contribution in [1.29, 1.82) is 0 Å². The molecule has 0 saturated carbocycles. The molecule has 0 spiro atoms. The van der Waals surface area contributed by atoms with E-state index in [1.54, 1.807) is 0 Å². The highest BCUT2D eigenvalue weighted by Crippen LogP contribution is 2.38. The average Bonchev–Trinajstić information content (AvgIpc) is 2.67. The molecule has 10 heteroatoms. The van der Waals surface area contributed by atoms with Crippen molar-refractivity contribution in [2.45, 2.75) is 38.3 Å². The Kier molecular flexibility index (Phi) is 6.74. The zero-order valence-electron chi connectivity index (χ0n) is 16.4. The number of rotatable bonds is 4. The van der Waals surface area contributed by atoms with E-state index in [0.29, 0.717) is 0 Å². The summed E-state index contributed by atoms with van der Waals surface area (Å²) in [5.41, 5.74) is 0.654. The number of nitrogens with one attached hydrogen (secondary N) is 1. The lowest BCUT2D eigenvalue weighted by atomic mass is 9.99. The van der Waals surface area contributed by atoms with Crippen molar-refractivity contribution >= 4 is 29.1 Å². The van der Waals surface area contributed by atoms with Crippen molar-refractivity contribution in [3.05, 3.63) is 47.5 Å². The number of halogens is 5. The molecular formula is C21H19ClF4N2O3. The van der Waals surface area contributed by atoms with Crippen LogP contribution in [0.1, 0.15) is 19.8 Å². The van der Waals surface area contributed by atoms with Gasteiger partial charge in [-0.05, 0) is 24.6 Å². The Hall–Kier alpha value is -2.81. The standard InChI is InChI=1S/C21H19ClF4N2O3/c1-12(29)28-9-8-13(23)10-18(28)20(30)27-14-6-7-15(17(22)11-14)16-4-2-3-5-19(16)31-21(24,25)26/h2-7,11,13,18H,8-10H2,1H3,(H,27,30)/t13?,18-/m1/s1. The number of amides is 2. The summed E-state index contributed by atoms with van der Waals surface area (Å²) < 4.78 is 55.9. The van der Waals surface area contributed by atoms with Gasteiger partial charge in [-0.3, -0.25) is 9.59 Å². The van der Waals surface area contributed by atoms with Crippen LogP contribution in [0.25, 0.3) is 11.1 Å². The van der Waals surface area contributed by atoms with Crippen LogP contribution in [0.15, 0.2) is 42.5 Å². The van der Waals surface area contributed by atoms with E-state index in [9.17, 15) is 27.2 Å². The van der Waals surface area contributed by atoms with Crippen molar-refractivity contribution < 1.29 is 31.9 Å². The Labute approximate surface area is 180 Å². The normalized spacial score (nSPS) is 19.1. The molecule has 1 heterocycles. The van der Waals surface area contributed by atoms with Crippen LogP contribution in [-0.4, -0.2) is 41.8 Å². The first-order valence-electron chi connectivity index (χ1n) is 9.42. The predicted molar refractivity (Wildman–Crippen MR) is 108 cm³/mol. The second kappa shape index (κ2) is 9.13. The SMILES string of the molecule is CC(=O)N1CCC(F)C[C@@H]1C(=O)Nc1ccc(-c2ccccc2OC(F)(F)F)c(Cl)c1. The van der Waals surface area contributed by atoms with Gasteiger partial charge in [0.1, 0.15) is 18.0 Å². The minimum atomic E-state index is -4.87. The molecule has 2 aromatic rings. The molecule has 1 aliphatic rings. The summed E-state index contributed by atoms with van der Waals surface area (Å²) >= 11 is 6.27. The first-order chi connectivity index (χ1) is 14.5. The third-order valence-electron chi connectivity index (χ3n) is 4.89. The van der Waals surface area contributed by atoms with Crippen LogP contribution in [-0.2, 0) is 9.59 Å². The topological polar surface area (TPSA) is 58.6 Å². The molecule has 2 aromatic carbocycles. The fraction of sp³-hybridized carbons (Fsp3) is 0.333. The van der Waals surface area contributed by atoms with Gasteiger partial charge in [0, 0.05) is 36.7 Å². The fourth-order valence-corrected chi connectivity index (χ4v) is 3.77. The van der Waals surface area contributed by atoms with E-state index < -0.39 is 30.2 Å². The molecule has 1 fully saturated rings. The van der Waals surface area contributed by atoms with Gasteiger partial charge in [-0.1, -0.05) is 35.9 Å². The number of para-hydroxylation sites is 1.